The first kappa shape index (κ1) is 15.8. The maximum atomic E-state index is 11.0. The topological polar surface area (TPSA) is 46.2 Å². The number of rotatable bonds is 4. The molecule has 1 N–H and O–H groups in total. The molecule has 0 saturated heterocycles. The van der Waals surface area contributed by atoms with Crippen LogP contribution in [0.25, 0.3) is 0 Å². The van der Waals surface area contributed by atoms with Gasteiger partial charge in [-0.25, -0.2) is 4.21 Å². The second kappa shape index (κ2) is 8.01. The van der Waals surface area contributed by atoms with Crippen molar-refractivity contribution in [2.24, 2.45) is 0 Å². The van der Waals surface area contributed by atoms with Crippen LogP contribution < -0.4 is 4.72 Å². The molecule has 0 heterocycles. The highest BCUT2D eigenvalue weighted by atomic mass is 32.2. The summed E-state index contributed by atoms with van der Waals surface area (Å²) < 4.78 is 13.8. The molecule has 1 aromatic carbocycles. The summed E-state index contributed by atoms with van der Waals surface area (Å²) in [5, 5.41) is 0. The smallest absolute Gasteiger partial charge is 0.152 e. The van der Waals surface area contributed by atoms with Gasteiger partial charge in [-0.2, -0.15) is 0 Å². The Morgan fingerprint density at radius 2 is 1.88 bits per heavy atom. The molecule has 1 unspecified atom stereocenters. The van der Waals surface area contributed by atoms with Gasteiger partial charge in [0.25, 0.3) is 0 Å². The van der Waals surface area contributed by atoms with E-state index in [1.165, 1.54) is 6.26 Å². The lowest BCUT2D eigenvalue weighted by Gasteiger charge is -2.10. The molecule has 0 radical (unpaired) electrons. The van der Waals surface area contributed by atoms with E-state index >= 15 is 0 Å². The fourth-order valence-corrected chi connectivity index (χ4v) is 1.77. The normalized spacial score (nSPS) is 11.4. The Bertz CT molecular complexity index is 389. The molecule has 0 bridgehead atoms. The average Bonchev–Trinajstić information content (AvgIpc) is 2.30. The van der Waals surface area contributed by atoms with Crippen LogP contribution in [0.5, 0.6) is 0 Å². The van der Waals surface area contributed by atoms with Gasteiger partial charge < -0.3 is 4.72 Å². The lowest BCUT2D eigenvalue weighted by atomic mass is 10.0. The first-order valence-corrected chi connectivity index (χ1v) is 7.29. The molecule has 0 amide bonds. The second-order valence-electron chi connectivity index (χ2n) is 3.68. The molecule has 1 rings (SSSR count). The Hall–Kier alpha value is -1.16. The van der Waals surface area contributed by atoms with Crippen LogP contribution in [0.1, 0.15) is 49.5 Å². The van der Waals surface area contributed by atoms with E-state index in [1.54, 1.807) is 6.07 Å². The van der Waals surface area contributed by atoms with Gasteiger partial charge in [-0.3, -0.25) is 4.79 Å². The summed E-state index contributed by atoms with van der Waals surface area (Å²) in [5.41, 5.74) is 2.29. The number of benzene rings is 1. The molecule has 0 fully saturated rings. The summed E-state index contributed by atoms with van der Waals surface area (Å²) in [6, 6.07) is 5.53. The van der Waals surface area contributed by atoms with Gasteiger partial charge in [0, 0.05) is 11.8 Å². The fraction of sp³-hybridized carbons (Fsp3) is 0.462. The summed E-state index contributed by atoms with van der Waals surface area (Å²) in [7, 11) is -1.16. The number of anilines is 1. The first-order chi connectivity index (χ1) is 8.04. The van der Waals surface area contributed by atoms with E-state index in [2.05, 4.69) is 18.6 Å². The Balaban J connectivity index is 0.00000121. The maximum Gasteiger partial charge on any atom is 0.152 e. The number of hydrogen-bond acceptors (Lipinski definition) is 2. The fourth-order valence-electron chi connectivity index (χ4n) is 1.28. The van der Waals surface area contributed by atoms with Crippen LogP contribution in [0.4, 0.5) is 5.69 Å². The molecule has 0 aliphatic carbocycles. The van der Waals surface area contributed by atoms with Gasteiger partial charge in [0.05, 0.1) is 5.69 Å². The number of hydrogen-bond donors (Lipinski definition) is 1. The molecule has 0 aliphatic rings. The van der Waals surface area contributed by atoms with Gasteiger partial charge >= 0.3 is 0 Å². The zero-order valence-corrected chi connectivity index (χ0v) is 11.9. The summed E-state index contributed by atoms with van der Waals surface area (Å²) in [5.74, 6) is 0.386. The minimum Gasteiger partial charge on any atom is -0.305 e. The van der Waals surface area contributed by atoms with Crippen molar-refractivity contribution in [1.29, 1.82) is 0 Å². The Kier molecular flexibility index (Phi) is 7.46. The van der Waals surface area contributed by atoms with Crippen LogP contribution in [-0.2, 0) is 11.0 Å². The lowest BCUT2D eigenvalue weighted by Crippen LogP contribution is -2.05. The lowest BCUT2D eigenvalue weighted by molar-refractivity contribution is 0.112. The van der Waals surface area contributed by atoms with Crippen molar-refractivity contribution in [3.05, 3.63) is 29.3 Å². The van der Waals surface area contributed by atoms with E-state index in [-0.39, 0.29) is 0 Å². The SMILES string of the molecule is CC.CC(C)c1ccc(C=O)c(NS(C)=O)c1. The molecule has 1 aromatic rings. The molecule has 4 heteroatoms. The number of aldehydes is 1. The number of carbonyl (C=O) groups excluding carboxylic acids is 1. The highest BCUT2D eigenvalue weighted by molar-refractivity contribution is 7.85. The average molecular weight is 255 g/mol. The zero-order valence-electron chi connectivity index (χ0n) is 11.1. The summed E-state index contributed by atoms with van der Waals surface area (Å²) >= 11 is 0. The largest absolute Gasteiger partial charge is 0.305 e. The van der Waals surface area contributed by atoms with E-state index in [4.69, 9.17) is 0 Å². The maximum absolute atomic E-state index is 11.0. The van der Waals surface area contributed by atoms with Crippen LogP contribution in [0.3, 0.4) is 0 Å². The van der Waals surface area contributed by atoms with Crippen molar-refractivity contribution < 1.29 is 9.00 Å². The summed E-state index contributed by atoms with van der Waals surface area (Å²) in [6.07, 6.45) is 2.30. The minimum atomic E-state index is -1.16. The molecular formula is C13H21NO2S. The Morgan fingerprint density at radius 1 is 1.29 bits per heavy atom. The van der Waals surface area contributed by atoms with Crippen molar-refractivity contribution in [3.63, 3.8) is 0 Å². The van der Waals surface area contributed by atoms with E-state index in [1.807, 2.05) is 26.0 Å². The van der Waals surface area contributed by atoms with Crippen LogP contribution >= 0.6 is 0 Å². The standard InChI is InChI=1S/C11H15NO2S.C2H6/c1-8(2)9-4-5-10(7-13)11(6-9)12-15(3)14;1-2/h4-8,12H,1-3H3;1-2H3. The molecule has 0 aromatic heterocycles. The number of carbonyl (C=O) groups is 1. The number of nitrogens with one attached hydrogen (secondary N) is 1. The van der Waals surface area contributed by atoms with Gasteiger partial charge in [-0.05, 0) is 23.6 Å². The molecule has 1 atom stereocenters. The summed E-state index contributed by atoms with van der Waals surface area (Å²) in [6.45, 7) is 8.14. The van der Waals surface area contributed by atoms with Gasteiger partial charge in [-0.15, -0.1) is 0 Å². The van der Waals surface area contributed by atoms with Crippen molar-refractivity contribution in [1.82, 2.24) is 0 Å². The van der Waals surface area contributed by atoms with Crippen LogP contribution in [-0.4, -0.2) is 16.8 Å². The molecule has 0 saturated carbocycles. The molecule has 0 spiro atoms. The van der Waals surface area contributed by atoms with Crippen molar-refractivity contribution in [2.75, 3.05) is 11.0 Å². The van der Waals surface area contributed by atoms with E-state index in [0.29, 0.717) is 17.2 Å². The highest BCUT2D eigenvalue weighted by Gasteiger charge is 2.06. The predicted molar refractivity (Wildman–Crippen MR) is 75.0 cm³/mol. The van der Waals surface area contributed by atoms with E-state index in [9.17, 15) is 9.00 Å². The predicted octanol–water partition coefficient (Wildman–Crippen LogP) is 3.35. The molecular weight excluding hydrogens is 234 g/mol. The molecule has 96 valence electrons. The quantitative estimate of drug-likeness (QED) is 0.839. The molecule has 17 heavy (non-hydrogen) atoms. The Labute approximate surface area is 106 Å². The van der Waals surface area contributed by atoms with Crippen LogP contribution in [0.15, 0.2) is 18.2 Å². The third kappa shape index (κ3) is 5.13. The van der Waals surface area contributed by atoms with Gasteiger partial charge in [0.2, 0.25) is 0 Å². The van der Waals surface area contributed by atoms with Crippen LogP contribution in [0.2, 0.25) is 0 Å². The van der Waals surface area contributed by atoms with Gasteiger partial charge in [-0.1, -0.05) is 33.8 Å². The van der Waals surface area contributed by atoms with Crippen molar-refractivity contribution in [2.45, 2.75) is 33.6 Å². The third-order valence-corrected chi connectivity index (χ3v) is 2.63. The van der Waals surface area contributed by atoms with Crippen molar-refractivity contribution >= 4 is 23.0 Å². The van der Waals surface area contributed by atoms with Crippen LogP contribution in [0, 0.1) is 0 Å². The zero-order chi connectivity index (χ0) is 13.4. The molecule has 3 nitrogen and oxygen atoms in total. The van der Waals surface area contributed by atoms with Gasteiger partial charge in [0.15, 0.2) is 6.29 Å². The van der Waals surface area contributed by atoms with Crippen molar-refractivity contribution in [3.8, 4) is 0 Å². The Morgan fingerprint density at radius 3 is 2.29 bits per heavy atom. The second-order valence-corrected chi connectivity index (χ2v) is 4.79. The summed E-state index contributed by atoms with van der Waals surface area (Å²) in [4.78, 5) is 10.8. The minimum absolute atomic E-state index is 0.386. The van der Waals surface area contributed by atoms with E-state index < -0.39 is 11.0 Å². The highest BCUT2D eigenvalue weighted by Crippen LogP contribution is 2.22. The third-order valence-electron chi connectivity index (χ3n) is 2.12. The molecule has 0 aliphatic heterocycles. The van der Waals surface area contributed by atoms with Gasteiger partial charge in [0.1, 0.15) is 11.0 Å². The first-order valence-electron chi connectivity index (χ1n) is 5.73. The monoisotopic (exact) mass is 255 g/mol. The van der Waals surface area contributed by atoms with E-state index in [0.717, 1.165) is 11.8 Å².